The zero-order chi connectivity index (χ0) is 29.5. The highest BCUT2D eigenvalue weighted by molar-refractivity contribution is 8.02. The van der Waals surface area contributed by atoms with Crippen molar-refractivity contribution in [3.8, 4) is 0 Å². The zero-order valence-electron chi connectivity index (χ0n) is 23.4. The van der Waals surface area contributed by atoms with Crippen LogP contribution in [0, 0.1) is 17.8 Å². The van der Waals surface area contributed by atoms with Crippen molar-refractivity contribution in [2.24, 2.45) is 17.8 Å². The number of rotatable bonds is 10. The molecule has 1 N–H and O–H groups in total. The first-order valence-corrected chi connectivity index (χ1v) is 15.2. The van der Waals surface area contributed by atoms with Gasteiger partial charge in [0.25, 0.3) is 5.91 Å². The van der Waals surface area contributed by atoms with Gasteiger partial charge in [-0.1, -0.05) is 48.9 Å². The number of carbonyl (C=O) groups is 3. The van der Waals surface area contributed by atoms with Gasteiger partial charge < -0.3 is 19.8 Å². The van der Waals surface area contributed by atoms with Crippen LogP contribution in [0.2, 0.25) is 5.02 Å². The van der Waals surface area contributed by atoms with Crippen LogP contribution in [-0.2, 0) is 14.4 Å². The number of hydrogen-bond donors (Lipinski definition) is 1. The Morgan fingerprint density at radius 2 is 1.66 bits per heavy atom. The van der Waals surface area contributed by atoms with E-state index in [0.717, 1.165) is 12.1 Å². The fourth-order valence-corrected chi connectivity index (χ4v) is 9.56. The first-order chi connectivity index (χ1) is 19.7. The summed E-state index contributed by atoms with van der Waals surface area (Å²) in [7, 11) is 0. The van der Waals surface area contributed by atoms with Gasteiger partial charge in [-0.3, -0.25) is 14.4 Å². The minimum absolute atomic E-state index is 0.000668. The number of anilines is 2. The summed E-state index contributed by atoms with van der Waals surface area (Å²) in [4.78, 5) is 48.3. The Hall–Kier alpha value is -3.07. The maximum absolute atomic E-state index is 14.7. The molecule has 2 aromatic rings. The van der Waals surface area contributed by atoms with Crippen molar-refractivity contribution in [1.82, 2.24) is 4.90 Å². The summed E-state index contributed by atoms with van der Waals surface area (Å²) >= 11 is 7.75. The molecule has 2 aromatic carbocycles. The molecule has 9 heteroatoms. The van der Waals surface area contributed by atoms with Crippen molar-refractivity contribution in [2.45, 2.75) is 42.3 Å². The van der Waals surface area contributed by atoms with E-state index >= 15 is 0 Å². The number of aliphatic hydroxyl groups is 1. The average Bonchev–Trinajstić information content (AvgIpc) is 3.58. The molecule has 3 amide bonds. The molecule has 0 saturated carbocycles. The molecule has 3 unspecified atom stereocenters. The Labute approximate surface area is 250 Å². The Bertz CT molecular complexity index is 1340. The Morgan fingerprint density at radius 3 is 2.24 bits per heavy atom. The van der Waals surface area contributed by atoms with E-state index in [1.165, 1.54) is 0 Å². The second-order valence-corrected chi connectivity index (χ2v) is 13.1. The van der Waals surface area contributed by atoms with Crippen LogP contribution >= 0.6 is 23.4 Å². The number of thioether (sulfide) groups is 1. The van der Waals surface area contributed by atoms with E-state index < -0.39 is 28.7 Å². The molecule has 2 bridgehead atoms. The fraction of sp³-hybridized carbons (Fsp3) is 0.406. The SMILES string of the molecule is C=CCN(C(=O)C1N([C@H](C)CO)C(=O)[C@@H]2[C@@H](C(=O)N(CC=C)c3ccccc3)[C@H]3CC(C)C12S3)c1ccc(Cl)cc1. The van der Waals surface area contributed by atoms with E-state index in [9.17, 15) is 19.5 Å². The zero-order valence-corrected chi connectivity index (χ0v) is 24.9. The number of carbonyl (C=O) groups excluding carboxylic acids is 3. The Morgan fingerprint density at radius 1 is 1.07 bits per heavy atom. The number of benzene rings is 2. The van der Waals surface area contributed by atoms with Gasteiger partial charge in [-0.15, -0.1) is 24.9 Å². The standard InChI is InChI=1S/C32H36ClN3O4S/c1-5-16-34(23-10-8-7-9-11-23)29(38)26-25-18-20(3)32(41-25)27(26)30(39)36(21(4)19-37)28(32)31(40)35(17-6-2)24-14-12-22(33)13-15-24/h5-15,20-21,25-28,37H,1-2,16-19H2,3-4H3/t20?,21-,25-,26+,27+,28?,32?/m1/s1. The van der Waals surface area contributed by atoms with Gasteiger partial charge in [-0.25, -0.2) is 0 Å². The second-order valence-electron chi connectivity index (χ2n) is 11.1. The minimum atomic E-state index is -0.856. The van der Waals surface area contributed by atoms with E-state index in [1.54, 1.807) is 69.8 Å². The number of para-hydroxylation sites is 1. The molecule has 5 rings (SSSR count). The molecule has 1 spiro atoms. The van der Waals surface area contributed by atoms with Crippen LogP contribution in [0.25, 0.3) is 0 Å². The largest absolute Gasteiger partial charge is 0.394 e. The Balaban J connectivity index is 1.60. The molecule has 0 radical (unpaired) electrons. The van der Waals surface area contributed by atoms with E-state index in [2.05, 4.69) is 20.1 Å². The second kappa shape index (κ2) is 11.7. The lowest BCUT2D eigenvalue weighted by atomic mass is 9.65. The summed E-state index contributed by atoms with van der Waals surface area (Å²) in [6.07, 6.45) is 4.06. The molecule has 7 atom stereocenters. The third-order valence-corrected chi connectivity index (χ3v) is 11.1. The Kier molecular flexibility index (Phi) is 8.37. The summed E-state index contributed by atoms with van der Waals surface area (Å²) in [5, 5.41) is 10.7. The van der Waals surface area contributed by atoms with Crippen molar-refractivity contribution in [1.29, 1.82) is 0 Å². The predicted molar refractivity (Wildman–Crippen MR) is 165 cm³/mol. The van der Waals surface area contributed by atoms with Gasteiger partial charge in [0.05, 0.1) is 29.2 Å². The third-order valence-electron chi connectivity index (χ3n) is 8.80. The monoisotopic (exact) mass is 593 g/mol. The van der Waals surface area contributed by atoms with Crippen molar-refractivity contribution in [2.75, 3.05) is 29.5 Å². The summed E-state index contributed by atoms with van der Waals surface area (Å²) in [6, 6.07) is 14.9. The number of nitrogens with zero attached hydrogens (tertiary/aromatic N) is 3. The third kappa shape index (κ3) is 4.70. The minimum Gasteiger partial charge on any atom is -0.394 e. The molecule has 41 heavy (non-hydrogen) atoms. The topological polar surface area (TPSA) is 81.2 Å². The van der Waals surface area contributed by atoms with Gasteiger partial charge in [-0.05, 0) is 55.7 Å². The van der Waals surface area contributed by atoms with E-state index in [-0.39, 0.29) is 42.0 Å². The highest BCUT2D eigenvalue weighted by atomic mass is 35.5. The number of amides is 3. The van der Waals surface area contributed by atoms with Crippen LogP contribution in [0.15, 0.2) is 79.9 Å². The van der Waals surface area contributed by atoms with Crippen LogP contribution in [0.4, 0.5) is 11.4 Å². The quantitative estimate of drug-likeness (QED) is 0.401. The summed E-state index contributed by atoms with van der Waals surface area (Å²) in [5.74, 6) is -1.91. The molecule has 3 aliphatic heterocycles. The highest BCUT2D eigenvalue weighted by Gasteiger charge is 2.76. The molecular formula is C32H36ClN3O4S. The number of halogens is 1. The van der Waals surface area contributed by atoms with E-state index in [4.69, 9.17) is 11.6 Å². The molecule has 0 aliphatic carbocycles. The van der Waals surface area contributed by atoms with Crippen LogP contribution in [0.5, 0.6) is 0 Å². The number of aliphatic hydroxyl groups excluding tert-OH is 1. The first-order valence-electron chi connectivity index (χ1n) is 14.0. The van der Waals surface area contributed by atoms with Crippen molar-refractivity contribution < 1.29 is 19.5 Å². The van der Waals surface area contributed by atoms with Gasteiger partial charge in [0, 0.05) is 34.7 Å². The molecule has 3 heterocycles. The van der Waals surface area contributed by atoms with Crippen LogP contribution < -0.4 is 9.80 Å². The maximum Gasteiger partial charge on any atom is 0.251 e. The van der Waals surface area contributed by atoms with Crippen LogP contribution in [0.3, 0.4) is 0 Å². The van der Waals surface area contributed by atoms with Gasteiger partial charge >= 0.3 is 0 Å². The lowest BCUT2D eigenvalue weighted by Gasteiger charge is -2.41. The van der Waals surface area contributed by atoms with Crippen molar-refractivity contribution in [3.63, 3.8) is 0 Å². The maximum atomic E-state index is 14.7. The molecule has 0 aromatic heterocycles. The van der Waals surface area contributed by atoms with E-state index in [1.807, 2.05) is 30.3 Å². The smallest absolute Gasteiger partial charge is 0.251 e. The lowest BCUT2D eigenvalue weighted by molar-refractivity contribution is -0.141. The summed E-state index contributed by atoms with van der Waals surface area (Å²) in [6.45, 7) is 11.8. The van der Waals surface area contributed by atoms with Gasteiger partial charge in [0.15, 0.2) is 0 Å². The number of hydrogen-bond acceptors (Lipinski definition) is 5. The number of fused-ring (bicyclic) bond motifs is 1. The van der Waals surface area contributed by atoms with Crippen molar-refractivity contribution in [3.05, 3.63) is 84.9 Å². The van der Waals surface area contributed by atoms with Gasteiger partial charge in [0.2, 0.25) is 11.8 Å². The molecule has 7 nitrogen and oxygen atoms in total. The molecule has 216 valence electrons. The summed E-state index contributed by atoms with van der Waals surface area (Å²) in [5.41, 5.74) is 1.38. The van der Waals surface area contributed by atoms with E-state index in [0.29, 0.717) is 17.3 Å². The highest BCUT2D eigenvalue weighted by Crippen LogP contribution is 2.69. The summed E-state index contributed by atoms with van der Waals surface area (Å²) < 4.78 is -0.815. The van der Waals surface area contributed by atoms with Crippen molar-refractivity contribution >= 4 is 52.5 Å². The average molecular weight is 594 g/mol. The van der Waals surface area contributed by atoms with Crippen LogP contribution in [-0.4, -0.2) is 69.5 Å². The normalized spacial score (nSPS) is 28.7. The van der Waals surface area contributed by atoms with Crippen LogP contribution in [0.1, 0.15) is 20.3 Å². The molecular weight excluding hydrogens is 558 g/mol. The molecule has 3 aliphatic rings. The van der Waals surface area contributed by atoms with Gasteiger partial charge in [-0.2, -0.15) is 0 Å². The molecule has 3 saturated heterocycles. The number of likely N-dealkylation sites (tertiary alicyclic amines) is 1. The molecule has 3 fully saturated rings. The first kappa shape index (κ1) is 29.4. The lowest BCUT2D eigenvalue weighted by Crippen LogP contribution is -2.59. The predicted octanol–water partition coefficient (Wildman–Crippen LogP) is 4.80. The van der Waals surface area contributed by atoms with Gasteiger partial charge in [0.1, 0.15) is 6.04 Å². The fourth-order valence-electron chi connectivity index (χ4n) is 7.04.